The van der Waals surface area contributed by atoms with E-state index < -0.39 is 23.6 Å². The highest BCUT2D eigenvalue weighted by Gasteiger charge is 2.19. The van der Waals surface area contributed by atoms with Crippen molar-refractivity contribution in [1.29, 1.82) is 0 Å². The third kappa shape index (κ3) is 7.86. The number of hydrogen-bond donors (Lipinski definition) is 4. The molecule has 11 nitrogen and oxygen atoms in total. The van der Waals surface area contributed by atoms with Gasteiger partial charge in [-0.05, 0) is 19.9 Å². The molecule has 0 spiro atoms. The van der Waals surface area contributed by atoms with E-state index in [1.54, 1.807) is 72.0 Å². The van der Waals surface area contributed by atoms with E-state index in [0.717, 1.165) is 0 Å². The van der Waals surface area contributed by atoms with Gasteiger partial charge in [0, 0.05) is 24.3 Å². The summed E-state index contributed by atoms with van der Waals surface area (Å²) in [6.07, 6.45) is 6.88. The maximum atomic E-state index is 12.6. The zero-order chi connectivity index (χ0) is 24.5. The molecule has 3 rings (SSSR count). The number of aromatic nitrogens is 3. The van der Waals surface area contributed by atoms with E-state index in [2.05, 4.69) is 26.7 Å². The van der Waals surface area contributed by atoms with Gasteiger partial charge in [-0.15, -0.1) is 0 Å². The lowest BCUT2D eigenvalue weighted by Crippen LogP contribution is -3.00. The fourth-order valence-electron chi connectivity index (χ4n) is 3.06. The predicted molar refractivity (Wildman–Crippen MR) is 118 cm³/mol. The fraction of sp³-hybridized carbons (Fsp3) is 0.174. The molecule has 0 aliphatic carbocycles. The van der Waals surface area contributed by atoms with Crippen LogP contribution in [0.1, 0.15) is 32.1 Å². The zero-order valence-corrected chi connectivity index (χ0v) is 19.9. The Labute approximate surface area is 207 Å². The Kier molecular flexibility index (Phi) is 9.79. The largest absolute Gasteiger partial charge is 1.00 e. The van der Waals surface area contributed by atoms with Crippen LogP contribution in [0.4, 0.5) is 0 Å². The molecular formula is C23H25ClN7O4+. The topological polar surface area (TPSA) is 137 Å². The van der Waals surface area contributed by atoms with Gasteiger partial charge in [-0.1, -0.05) is 12.1 Å². The molecule has 0 aliphatic rings. The molecule has 4 amide bonds. The molecule has 3 aromatic rings. The molecule has 0 unspecified atom stereocenters. The molecule has 0 saturated heterocycles. The van der Waals surface area contributed by atoms with Gasteiger partial charge in [-0.3, -0.25) is 45.9 Å². The number of amides is 4. The molecule has 0 radical (unpaired) electrons. The van der Waals surface area contributed by atoms with Crippen molar-refractivity contribution in [3.8, 4) is 0 Å². The summed E-state index contributed by atoms with van der Waals surface area (Å²) in [6, 6.07) is 12.1. The van der Waals surface area contributed by atoms with Crippen LogP contribution in [-0.4, -0.2) is 28.6 Å². The van der Waals surface area contributed by atoms with Crippen molar-refractivity contribution in [3.63, 3.8) is 0 Å². The Balaban J connectivity index is 0.00000432. The summed E-state index contributed by atoms with van der Waals surface area (Å²) in [5.74, 6) is -2.12. The summed E-state index contributed by atoms with van der Waals surface area (Å²) in [5.41, 5.74) is 10.3. The van der Waals surface area contributed by atoms with Crippen LogP contribution in [0.2, 0.25) is 0 Å². The molecule has 4 N–H and O–H groups in total. The molecule has 0 atom stereocenters. The van der Waals surface area contributed by atoms with Gasteiger partial charge in [0.25, 0.3) is 11.8 Å². The summed E-state index contributed by atoms with van der Waals surface area (Å²) in [4.78, 5) is 53.6. The van der Waals surface area contributed by atoms with Crippen LogP contribution in [0, 0.1) is 13.8 Å². The van der Waals surface area contributed by atoms with Crippen LogP contribution in [0.15, 0.2) is 67.3 Å². The first-order chi connectivity index (χ1) is 16.3. The number of nitrogens with one attached hydrogen (secondary N) is 4. The Hall–Kier alpha value is -4.38. The highest BCUT2D eigenvalue weighted by atomic mass is 35.5. The van der Waals surface area contributed by atoms with Gasteiger partial charge in [0.05, 0.1) is 22.5 Å². The van der Waals surface area contributed by atoms with Gasteiger partial charge in [0.15, 0.2) is 24.8 Å². The molecule has 12 heteroatoms. The van der Waals surface area contributed by atoms with Gasteiger partial charge in [0.1, 0.15) is 0 Å². The number of carbonyl (C=O) groups excluding carboxylic acids is 4. The van der Waals surface area contributed by atoms with Crippen LogP contribution in [0.5, 0.6) is 0 Å². The Morgan fingerprint density at radius 2 is 1.03 bits per heavy atom. The lowest BCUT2D eigenvalue weighted by atomic mass is 10.1. The lowest BCUT2D eigenvalue weighted by Gasteiger charge is -2.12. The Morgan fingerprint density at radius 3 is 1.40 bits per heavy atom. The quantitative estimate of drug-likeness (QED) is 0.204. The number of pyridine rings is 3. The standard InChI is InChI=1S/C23H23N7O4.ClH/c1-16-18(22(33)27-25-20(31)14-29-9-5-3-6-10-29)13-19(17(2)24-16)23(34)28-26-21(32)15-30-11-7-4-8-12-30;/h3-13H,14-15H2,1-2H3,(H2-2,25,26,27,28,31,32,33,34);1H/p+1. The number of carbonyl (C=O) groups is 4. The van der Waals surface area contributed by atoms with Crippen LogP contribution >= 0.6 is 0 Å². The summed E-state index contributed by atoms with van der Waals surface area (Å²) in [7, 11) is 0. The minimum absolute atomic E-state index is 0. The second-order valence-electron chi connectivity index (χ2n) is 7.35. The lowest BCUT2D eigenvalue weighted by molar-refractivity contribution is -0.684. The SMILES string of the molecule is Cc1nc(C)c(C(=O)NNC(=O)C[n+]2ccccc2)cc1C(=O)NNC(=O)C[n+]1ccccc1.[Cl-]. The van der Waals surface area contributed by atoms with Gasteiger partial charge >= 0.3 is 11.8 Å². The van der Waals surface area contributed by atoms with Crippen molar-refractivity contribution in [2.75, 3.05) is 0 Å². The van der Waals surface area contributed by atoms with E-state index in [-0.39, 0.29) is 36.6 Å². The minimum atomic E-state index is -0.630. The van der Waals surface area contributed by atoms with E-state index in [9.17, 15) is 19.2 Å². The number of hydrazine groups is 2. The van der Waals surface area contributed by atoms with Crippen molar-refractivity contribution in [2.24, 2.45) is 0 Å². The average Bonchev–Trinajstić information content (AvgIpc) is 2.82. The van der Waals surface area contributed by atoms with Gasteiger partial charge in [-0.25, -0.2) is 0 Å². The summed E-state index contributed by atoms with van der Waals surface area (Å²) >= 11 is 0. The van der Waals surface area contributed by atoms with E-state index >= 15 is 0 Å². The molecule has 0 fully saturated rings. The van der Waals surface area contributed by atoms with Crippen LogP contribution in [-0.2, 0) is 22.7 Å². The third-order valence-electron chi connectivity index (χ3n) is 4.73. The minimum Gasteiger partial charge on any atom is -1.00 e. The summed E-state index contributed by atoms with van der Waals surface area (Å²) in [6.45, 7) is 3.26. The first kappa shape index (κ1) is 26.9. The van der Waals surface area contributed by atoms with Crippen molar-refractivity contribution in [3.05, 3.63) is 89.8 Å². The molecule has 182 valence electrons. The first-order valence-electron chi connectivity index (χ1n) is 10.4. The Bertz CT molecular complexity index is 1120. The van der Waals surface area contributed by atoms with Crippen LogP contribution < -0.4 is 43.2 Å². The monoisotopic (exact) mass is 498 g/mol. The molecular weight excluding hydrogens is 474 g/mol. The van der Waals surface area contributed by atoms with Gasteiger partial charge in [-0.2, -0.15) is 9.13 Å². The van der Waals surface area contributed by atoms with Crippen molar-refractivity contribution in [2.45, 2.75) is 26.9 Å². The molecule has 0 saturated carbocycles. The number of hydrogen-bond acceptors (Lipinski definition) is 5. The normalized spacial score (nSPS) is 9.89. The van der Waals surface area contributed by atoms with E-state index in [1.807, 2.05) is 12.1 Å². The highest BCUT2D eigenvalue weighted by molar-refractivity contribution is 6.01. The van der Waals surface area contributed by atoms with Crippen LogP contribution in [0.25, 0.3) is 0 Å². The number of aryl methyl sites for hydroxylation is 2. The predicted octanol–water partition coefficient (Wildman–Crippen LogP) is -3.80. The second kappa shape index (κ2) is 12.8. The number of rotatable bonds is 6. The average molecular weight is 499 g/mol. The first-order valence-corrected chi connectivity index (χ1v) is 10.4. The molecule has 35 heavy (non-hydrogen) atoms. The zero-order valence-electron chi connectivity index (χ0n) is 19.1. The van der Waals surface area contributed by atoms with E-state index in [1.165, 1.54) is 6.07 Å². The van der Waals surface area contributed by atoms with Crippen molar-refractivity contribution < 1.29 is 40.7 Å². The molecule has 0 aromatic carbocycles. The van der Waals surface area contributed by atoms with Crippen molar-refractivity contribution in [1.82, 2.24) is 26.7 Å². The number of halogens is 1. The number of nitrogens with zero attached hydrogens (tertiary/aromatic N) is 3. The Morgan fingerprint density at radius 1 is 0.657 bits per heavy atom. The maximum Gasteiger partial charge on any atom is 0.304 e. The molecule has 3 aromatic heterocycles. The van der Waals surface area contributed by atoms with Gasteiger partial charge in [0.2, 0.25) is 13.1 Å². The summed E-state index contributed by atoms with van der Waals surface area (Å²) in [5, 5.41) is 0. The van der Waals surface area contributed by atoms with E-state index in [0.29, 0.717) is 11.4 Å². The van der Waals surface area contributed by atoms with Gasteiger partial charge < -0.3 is 12.4 Å². The van der Waals surface area contributed by atoms with Crippen LogP contribution in [0.3, 0.4) is 0 Å². The second-order valence-corrected chi connectivity index (χ2v) is 7.35. The summed E-state index contributed by atoms with van der Waals surface area (Å²) < 4.78 is 3.29. The smallest absolute Gasteiger partial charge is 0.304 e. The van der Waals surface area contributed by atoms with E-state index in [4.69, 9.17) is 0 Å². The molecule has 0 bridgehead atoms. The highest BCUT2D eigenvalue weighted by Crippen LogP contribution is 2.12. The molecule has 0 aliphatic heterocycles. The fourth-order valence-corrected chi connectivity index (χ4v) is 3.06. The third-order valence-corrected chi connectivity index (χ3v) is 4.73. The molecule has 3 heterocycles. The van der Waals surface area contributed by atoms with Crippen molar-refractivity contribution >= 4 is 23.6 Å². The maximum absolute atomic E-state index is 12.6.